The molecule has 0 spiro atoms. The molecule has 0 bridgehead atoms. The molecule has 1 aromatic rings. The minimum atomic E-state index is 0. The van der Waals surface area contributed by atoms with Gasteiger partial charge in [-0.15, -0.1) is 12.4 Å². The predicted molar refractivity (Wildman–Crippen MR) is 87.0 cm³/mol. The Hall–Kier alpha value is -0.750. The van der Waals surface area contributed by atoms with Gasteiger partial charge in [0, 0.05) is 17.6 Å². The van der Waals surface area contributed by atoms with Gasteiger partial charge in [0.2, 0.25) is 0 Å². The first-order chi connectivity index (χ1) is 9.22. The summed E-state index contributed by atoms with van der Waals surface area (Å²) in [4.78, 5) is 0. The van der Waals surface area contributed by atoms with Crippen LogP contribution in [0.5, 0.6) is 11.5 Å². The first kappa shape index (κ1) is 19.2. The van der Waals surface area contributed by atoms with Crippen LogP contribution in [0.2, 0.25) is 0 Å². The Morgan fingerprint density at radius 1 is 1.35 bits per heavy atom. The second-order valence-electron chi connectivity index (χ2n) is 3.82. The number of ether oxygens (including phenoxy) is 2. The van der Waals surface area contributed by atoms with E-state index >= 15 is 0 Å². The Bertz CT molecular complexity index is 416. The molecule has 0 unspecified atom stereocenters. The van der Waals surface area contributed by atoms with Gasteiger partial charge in [0.05, 0.1) is 13.2 Å². The van der Waals surface area contributed by atoms with Crippen molar-refractivity contribution in [1.29, 1.82) is 0 Å². The van der Waals surface area contributed by atoms with E-state index in [-0.39, 0.29) is 19.0 Å². The fourth-order valence-electron chi connectivity index (χ4n) is 1.54. The van der Waals surface area contributed by atoms with Crippen LogP contribution >= 0.6 is 28.3 Å². The molecule has 0 fully saturated rings. The lowest BCUT2D eigenvalue weighted by Gasteiger charge is -2.14. The Morgan fingerprint density at radius 2 is 2.05 bits per heavy atom. The molecule has 0 heterocycles. The van der Waals surface area contributed by atoms with Crippen LogP contribution in [0.4, 0.5) is 0 Å². The first-order valence-corrected chi connectivity index (χ1v) is 7.02. The maximum absolute atomic E-state index is 8.77. The Kier molecular flexibility index (Phi) is 10.6. The first-order valence-electron chi connectivity index (χ1n) is 6.23. The third kappa shape index (κ3) is 6.13. The Labute approximate surface area is 134 Å². The largest absolute Gasteiger partial charge is 0.490 e. The van der Waals surface area contributed by atoms with E-state index < -0.39 is 0 Å². The highest BCUT2D eigenvalue weighted by molar-refractivity contribution is 9.10. The number of aliphatic hydroxyl groups is 1. The van der Waals surface area contributed by atoms with E-state index in [2.05, 4.69) is 27.8 Å². The molecular formula is C14H21BrClNO3. The molecule has 0 aliphatic rings. The van der Waals surface area contributed by atoms with Crippen LogP contribution in [-0.4, -0.2) is 31.5 Å². The van der Waals surface area contributed by atoms with E-state index in [1.165, 1.54) is 0 Å². The molecule has 1 rings (SSSR count). The van der Waals surface area contributed by atoms with Crippen LogP contribution in [0.15, 0.2) is 29.3 Å². The zero-order valence-electron chi connectivity index (χ0n) is 11.5. The molecule has 0 aromatic heterocycles. The van der Waals surface area contributed by atoms with Crippen molar-refractivity contribution in [3.63, 3.8) is 0 Å². The smallest absolute Gasteiger partial charge is 0.162 e. The summed E-state index contributed by atoms with van der Waals surface area (Å²) in [6.07, 6.45) is 1.69. The molecule has 114 valence electrons. The monoisotopic (exact) mass is 365 g/mol. The summed E-state index contributed by atoms with van der Waals surface area (Å²) in [6.45, 7) is 7.92. The van der Waals surface area contributed by atoms with Gasteiger partial charge in [-0.2, -0.15) is 0 Å². The predicted octanol–water partition coefficient (Wildman–Crippen LogP) is 2.92. The van der Waals surface area contributed by atoms with Crippen LogP contribution in [0.25, 0.3) is 0 Å². The molecular weight excluding hydrogens is 346 g/mol. The summed E-state index contributed by atoms with van der Waals surface area (Å²) < 4.78 is 12.1. The standard InChI is InChI=1S/C14H20BrNO3.ClH/c1-3-7-19-14-9-12(15)11(10-16-5-6-17)8-13(14)18-4-2;/h3,8-9,16-17H,1,4-7,10H2,2H3;1H. The van der Waals surface area contributed by atoms with Gasteiger partial charge in [-0.05, 0) is 24.6 Å². The SMILES string of the molecule is C=CCOc1cc(Br)c(CNCCO)cc1OCC.Cl. The highest BCUT2D eigenvalue weighted by Crippen LogP contribution is 2.33. The summed E-state index contributed by atoms with van der Waals surface area (Å²) in [5.41, 5.74) is 1.06. The second kappa shape index (κ2) is 11.0. The molecule has 0 radical (unpaired) electrons. The van der Waals surface area contributed by atoms with E-state index in [0.717, 1.165) is 10.0 Å². The zero-order valence-corrected chi connectivity index (χ0v) is 13.9. The minimum Gasteiger partial charge on any atom is -0.490 e. The van der Waals surface area contributed by atoms with Crippen LogP contribution < -0.4 is 14.8 Å². The third-order valence-corrected chi connectivity index (χ3v) is 3.11. The zero-order chi connectivity index (χ0) is 14.1. The van der Waals surface area contributed by atoms with Gasteiger partial charge >= 0.3 is 0 Å². The summed E-state index contributed by atoms with van der Waals surface area (Å²) >= 11 is 3.51. The molecule has 1 aromatic carbocycles. The highest BCUT2D eigenvalue weighted by atomic mass is 79.9. The Balaban J connectivity index is 0.00000361. The summed E-state index contributed by atoms with van der Waals surface area (Å²) in [5.74, 6) is 1.41. The van der Waals surface area contributed by atoms with Gasteiger partial charge in [-0.1, -0.05) is 28.6 Å². The second-order valence-corrected chi connectivity index (χ2v) is 4.68. The number of rotatable bonds is 9. The quantitative estimate of drug-likeness (QED) is 0.521. The average Bonchev–Trinajstić information content (AvgIpc) is 2.40. The normalized spacial score (nSPS) is 9.75. The van der Waals surface area contributed by atoms with E-state index in [1.807, 2.05) is 19.1 Å². The van der Waals surface area contributed by atoms with E-state index in [4.69, 9.17) is 14.6 Å². The van der Waals surface area contributed by atoms with Crippen LogP contribution in [-0.2, 0) is 6.54 Å². The average molecular weight is 367 g/mol. The van der Waals surface area contributed by atoms with Crippen molar-refractivity contribution in [3.8, 4) is 11.5 Å². The number of halogens is 2. The van der Waals surface area contributed by atoms with Gasteiger partial charge in [-0.3, -0.25) is 0 Å². The van der Waals surface area contributed by atoms with Gasteiger partial charge < -0.3 is 19.9 Å². The lowest BCUT2D eigenvalue weighted by atomic mass is 10.2. The van der Waals surface area contributed by atoms with Crippen LogP contribution in [0, 0.1) is 0 Å². The van der Waals surface area contributed by atoms with Crippen molar-refractivity contribution in [1.82, 2.24) is 5.32 Å². The lowest BCUT2D eigenvalue weighted by molar-refractivity contribution is 0.290. The number of benzene rings is 1. The number of nitrogens with one attached hydrogen (secondary N) is 1. The lowest BCUT2D eigenvalue weighted by Crippen LogP contribution is -2.17. The number of hydrogen-bond acceptors (Lipinski definition) is 4. The molecule has 0 saturated heterocycles. The summed E-state index contributed by atoms with van der Waals surface area (Å²) in [7, 11) is 0. The van der Waals surface area contributed by atoms with Crippen molar-refractivity contribution in [2.75, 3.05) is 26.4 Å². The highest BCUT2D eigenvalue weighted by Gasteiger charge is 2.10. The summed E-state index contributed by atoms with van der Waals surface area (Å²) in [6, 6.07) is 3.83. The number of hydrogen-bond donors (Lipinski definition) is 2. The molecule has 0 atom stereocenters. The maximum atomic E-state index is 8.77. The molecule has 0 aliphatic heterocycles. The van der Waals surface area contributed by atoms with E-state index in [9.17, 15) is 0 Å². The van der Waals surface area contributed by atoms with Gasteiger partial charge in [0.25, 0.3) is 0 Å². The van der Waals surface area contributed by atoms with Crippen molar-refractivity contribution in [2.24, 2.45) is 0 Å². The van der Waals surface area contributed by atoms with Crippen molar-refractivity contribution in [3.05, 3.63) is 34.8 Å². The third-order valence-electron chi connectivity index (χ3n) is 2.37. The van der Waals surface area contributed by atoms with Crippen molar-refractivity contribution < 1.29 is 14.6 Å². The topological polar surface area (TPSA) is 50.7 Å². The van der Waals surface area contributed by atoms with Crippen molar-refractivity contribution in [2.45, 2.75) is 13.5 Å². The maximum Gasteiger partial charge on any atom is 0.162 e. The Morgan fingerprint density at radius 3 is 2.65 bits per heavy atom. The molecule has 2 N–H and O–H groups in total. The van der Waals surface area contributed by atoms with Gasteiger partial charge in [-0.25, -0.2) is 0 Å². The van der Waals surface area contributed by atoms with E-state index in [0.29, 0.717) is 37.8 Å². The van der Waals surface area contributed by atoms with E-state index in [1.54, 1.807) is 6.08 Å². The minimum absolute atomic E-state index is 0. The van der Waals surface area contributed by atoms with Gasteiger partial charge in [0.1, 0.15) is 6.61 Å². The van der Waals surface area contributed by atoms with Gasteiger partial charge in [0.15, 0.2) is 11.5 Å². The van der Waals surface area contributed by atoms with Crippen LogP contribution in [0.1, 0.15) is 12.5 Å². The fourth-order valence-corrected chi connectivity index (χ4v) is 2.01. The molecule has 6 heteroatoms. The molecule has 0 saturated carbocycles. The molecule has 0 aliphatic carbocycles. The number of aliphatic hydroxyl groups excluding tert-OH is 1. The van der Waals surface area contributed by atoms with Crippen molar-refractivity contribution >= 4 is 28.3 Å². The van der Waals surface area contributed by atoms with Crippen LogP contribution in [0.3, 0.4) is 0 Å². The molecule has 4 nitrogen and oxygen atoms in total. The molecule has 20 heavy (non-hydrogen) atoms. The molecule has 0 amide bonds. The fraction of sp³-hybridized carbons (Fsp3) is 0.429. The summed E-state index contributed by atoms with van der Waals surface area (Å²) in [5, 5.41) is 11.9.